The highest BCUT2D eigenvalue weighted by Gasteiger charge is 2.21. The minimum atomic E-state index is -4.85. The summed E-state index contributed by atoms with van der Waals surface area (Å²) in [5, 5.41) is 4.13. The molecule has 10 nitrogen and oxygen atoms in total. The molecule has 2 aromatic heterocycles. The van der Waals surface area contributed by atoms with Gasteiger partial charge < -0.3 is 9.26 Å². The molecule has 0 saturated heterocycles. The number of benzene rings is 1. The van der Waals surface area contributed by atoms with Crippen LogP contribution in [0.4, 0.5) is 0 Å². The fraction of sp³-hybridized carbons (Fsp3) is 0.238. The van der Waals surface area contributed by atoms with E-state index in [0.29, 0.717) is 29.7 Å². The SMILES string of the molecule is CCCCC(=O)n1nccc1-c1ncccc1COc1cccc(OP(=O)(O)O)c1C=O. The molecule has 2 heterocycles. The van der Waals surface area contributed by atoms with E-state index in [1.165, 1.54) is 29.1 Å². The van der Waals surface area contributed by atoms with E-state index >= 15 is 0 Å². The predicted octanol–water partition coefficient (Wildman–Crippen LogP) is 3.64. The number of aldehydes is 1. The summed E-state index contributed by atoms with van der Waals surface area (Å²) in [7, 11) is -4.85. The first-order valence-corrected chi connectivity index (χ1v) is 11.3. The number of phosphoric acid groups is 1. The van der Waals surface area contributed by atoms with Crippen molar-refractivity contribution in [2.75, 3.05) is 0 Å². The highest BCUT2D eigenvalue weighted by molar-refractivity contribution is 7.46. The summed E-state index contributed by atoms with van der Waals surface area (Å²) in [5.74, 6) is -0.361. The van der Waals surface area contributed by atoms with Gasteiger partial charge in [-0.05, 0) is 30.7 Å². The van der Waals surface area contributed by atoms with Gasteiger partial charge in [0.2, 0.25) is 5.91 Å². The van der Waals surface area contributed by atoms with Crippen LogP contribution in [0.5, 0.6) is 11.5 Å². The average molecular weight is 459 g/mol. The van der Waals surface area contributed by atoms with Crippen molar-refractivity contribution in [3.8, 4) is 22.9 Å². The Bertz CT molecular complexity index is 1160. The molecular weight excluding hydrogens is 437 g/mol. The molecule has 0 atom stereocenters. The second kappa shape index (κ2) is 10.3. The van der Waals surface area contributed by atoms with Crippen LogP contribution in [0.15, 0.2) is 48.8 Å². The van der Waals surface area contributed by atoms with E-state index < -0.39 is 7.82 Å². The Labute approximate surface area is 184 Å². The van der Waals surface area contributed by atoms with E-state index in [0.717, 1.165) is 12.8 Å². The third kappa shape index (κ3) is 5.67. The van der Waals surface area contributed by atoms with Crippen molar-refractivity contribution >= 4 is 20.0 Å². The number of carbonyl (C=O) groups excluding carboxylic acids is 2. The summed E-state index contributed by atoms with van der Waals surface area (Å²) >= 11 is 0. The zero-order valence-electron chi connectivity index (χ0n) is 17.2. The van der Waals surface area contributed by atoms with Gasteiger partial charge >= 0.3 is 7.82 Å². The lowest BCUT2D eigenvalue weighted by Crippen LogP contribution is -2.14. The van der Waals surface area contributed by atoms with Crippen LogP contribution >= 0.6 is 7.82 Å². The molecule has 0 unspecified atom stereocenters. The topological polar surface area (TPSA) is 141 Å². The van der Waals surface area contributed by atoms with Crippen LogP contribution in [0.3, 0.4) is 0 Å². The Hall–Kier alpha value is -3.33. The molecule has 168 valence electrons. The first-order valence-electron chi connectivity index (χ1n) is 9.81. The molecule has 11 heteroatoms. The molecule has 3 aromatic rings. The van der Waals surface area contributed by atoms with Gasteiger partial charge in [-0.25, -0.2) is 4.57 Å². The van der Waals surface area contributed by atoms with Crippen molar-refractivity contribution < 1.29 is 33.2 Å². The van der Waals surface area contributed by atoms with Crippen molar-refractivity contribution in [3.63, 3.8) is 0 Å². The molecule has 0 aliphatic carbocycles. The quantitative estimate of drug-likeness (QED) is 0.343. The van der Waals surface area contributed by atoms with Crippen LogP contribution in [0.1, 0.15) is 46.9 Å². The van der Waals surface area contributed by atoms with Gasteiger partial charge in [-0.2, -0.15) is 9.78 Å². The van der Waals surface area contributed by atoms with Gasteiger partial charge in [0, 0.05) is 18.2 Å². The lowest BCUT2D eigenvalue weighted by atomic mass is 10.1. The van der Waals surface area contributed by atoms with Crippen LogP contribution in [-0.2, 0) is 11.2 Å². The summed E-state index contributed by atoms with van der Waals surface area (Å²) in [5.41, 5.74) is 1.49. The average Bonchev–Trinajstić information content (AvgIpc) is 3.25. The highest BCUT2D eigenvalue weighted by Crippen LogP contribution is 2.41. The zero-order chi connectivity index (χ0) is 23.1. The third-order valence-electron chi connectivity index (χ3n) is 4.50. The molecule has 32 heavy (non-hydrogen) atoms. The smallest absolute Gasteiger partial charge is 0.488 e. The Kier molecular flexibility index (Phi) is 7.53. The number of phosphoric ester groups is 1. The van der Waals surface area contributed by atoms with E-state index in [2.05, 4.69) is 14.6 Å². The Balaban J connectivity index is 1.88. The molecule has 0 saturated carbocycles. The maximum absolute atomic E-state index is 12.5. The molecule has 1 aromatic carbocycles. The van der Waals surface area contributed by atoms with Gasteiger partial charge in [0.05, 0.1) is 23.1 Å². The van der Waals surface area contributed by atoms with Crippen molar-refractivity contribution in [1.82, 2.24) is 14.8 Å². The molecule has 0 radical (unpaired) electrons. The fourth-order valence-electron chi connectivity index (χ4n) is 3.03. The molecule has 0 spiro atoms. The number of aromatic nitrogens is 3. The van der Waals surface area contributed by atoms with Crippen LogP contribution in [0.2, 0.25) is 0 Å². The van der Waals surface area contributed by atoms with Gasteiger partial charge in [-0.15, -0.1) is 0 Å². The molecule has 2 N–H and O–H groups in total. The highest BCUT2D eigenvalue weighted by atomic mass is 31.2. The van der Waals surface area contributed by atoms with E-state index in [-0.39, 0.29) is 29.6 Å². The van der Waals surface area contributed by atoms with Crippen LogP contribution < -0.4 is 9.26 Å². The number of pyridine rings is 1. The Morgan fingerprint density at radius 2 is 1.94 bits per heavy atom. The van der Waals surface area contributed by atoms with Crippen LogP contribution in [0, 0.1) is 0 Å². The van der Waals surface area contributed by atoms with E-state index in [4.69, 9.17) is 14.5 Å². The number of rotatable bonds is 10. The lowest BCUT2D eigenvalue weighted by Gasteiger charge is -2.14. The molecular formula is C21H22N3O7P. The minimum Gasteiger partial charge on any atom is -0.488 e. The van der Waals surface area contributed by atoms with E-state index in [1.54, 1.807) is 24.4 Å². The largest absolute Gasteiger partial charge is 0.524 e. The summed E-state index contributed by atoms with van der Waals surface area (Å²) in [6.45, 7) is 1.97. The molecule has 0 amide bonds. The second-order valence-corrected chi connectivity index (χ2v) is 7.96. The fourth-order valence-corrected chi connectivity index (χ4v) is 3.45. The van der Waals surface area contributed by atoms with E-state index in [9.17, 15) is 14.2 Å². The lowest BCUT2D eigenvalue weighted by molar-refractivity contribution is 0.0885. The predicted molar refractivity (Wildman–Crippen MR) is 114 cm³/mol. The minimum absolute atomic E-state index is 0.0301. The zero-order valence-corrected chi connectivity index (χ0v) is 18.1. The van der Waals surface area contributed by atoms with Crippen molar-refractivity contribution in [3.05, 3.63) is 59.9 Å². The van der Waals surface area contributed by atoms with Crippen molar-refractivity contribution in [2.24, 2.45) is 0 Å². The van der Waals surface area contributed by atoms with Crippen molar-refractivity contribution in [2.45, 2.75) is 32.8 Å². The molecule has 0 aliphatic heterocycles. The summed E-state index contributed by atoms with van der Waals surface area (Å²) in [6.07, 6.45) is 5.49. The monoisotopic (exact) mass is 459 g/mol. The molecule has 0 bridgehead atoms. The normalized spacial score (nSPS) is 11.2. The number of carbonyl (C=O) groups is 2. The van der Waals surface area contributed by atoms with Crippen LogP contribution in [-0.4, -0.2) is 36.7 Å². The maximum Gasteiger partial charge on any atom is 0.524 e. The maximum atomic E-state index is 12.5. The number of ether oxygens (including phenoxy) is 1. The first kappa shape index (κ1) is 23.3. The standard InChI is InChI=1S/C21H22N3O7P/c1-2-3-9-20(26)24-17(10-12-23-24)21-15(6-5-11-22-21)14-30-18-7-4-8-19(16(18)13-25)31-32(27,28)29/h4-8,10-13H,2-3,9,14H2,1H3,(H2,27,28,29). The van der Waals surface area contributed by atoms with Gasteiger partial charge in [0.15, 0.2) is 6.29 Å². The number of hydrogen-bond donors (Lipinski definition) is 2. The first-order chi connectivity index (χ1) is 15.3. The number of nitrogens with zero attached hydrogens (tertiary/aromatic N) is 3. The summed E-state index contributed by atoms with van der Waals surface area (Å²) in [4.78, 5) is 46.5. The molecule has 0 aliphatic rings. The summed E-state index contributed by atoms with van der Waals surface area (Å²) < 4.78 is 22.8. The Morgan fingerprint density at radius 3 is 2.66 bits per heavy atom. The third-order valence-corrected chi connectivity index (χ3v) is 4.94. The summed E-state index contributed by atoms with van der Waals surface area (Å²) in [6, 6.07) is 9.32. The number of hydrogen-bond acceptors (Lipinski definition) is 7. The second-order valence-electron chi connectivity index (χ2n) is 6.79. The van der Waals surface area contributed by atoms with Crippen LogP contribution in [0.25, 0.3) is 11.4 Å². The molecule has 0 fully saturated rings. The van der Waals surface area contributed by atoms with Crippen molar-refractivity contribution in [1.29, 1.82) is 0 Å². The molecule has 3 rings (SSSR count). The van der Waals surface area contributed by atoms with Gasteiger partial charge in [-0.1, -0.05) is 25.5 Å². The van der Waals surface area contributed by atoms with Gasteiger partial charge in [0.1, 0.15) is 18.1 Å². The number of unbranched alkanes of at least 4 members (excludes halogenated alkanes) is 1. The Morgan fingerprint density at radius 1 is 1.16 bits per heavy atom. The van der Waals surface area contributed by atoms with Gasteiger partial charge in [-0.3, -0.25) is 24.4 Å². The van der Waals surface area contributed by atoms with E-state index in [1.807, 2.05) is 6.92 Å². The van der Waals surface area contributed by atoms with Gasteiger partial charge in [0.25, 0.3) is 0 Å².